The van der Waals surface area contributed by atoms with Gasteiger partial charge in [0, 0.05) is 12.0 Å². The van der Waals surface area contributed by atoms with Gasteiger partial charge in [-0.25, -0.2) is 4.79 Å². The Bertz CT molecular complexity index is 280. The monoisotopic (exact) mass is 183 g/mol. The molecule has 5 heteroatoms. The van der Waals surface area contributed by atoms with Gasteiger partial charge in [0.25, 0.3) is 0 Å². The number of rotatable bonds is 4. The van der Waals surface area contributed by atoms with Crippen LogP contribution in [0.5, 0.6) is 0 Å². The van der Waals surface area contributed by atoms with Gasteiger partial charge in [-0.1, -0.05) is 0 Å². The molecule has 0 saturated carbocycles. The number of hydrogen-bond donors (Lipinski definition) is 2. The van der Waals surface area contributed by atoms with Gasteiger partial charge in [0.1, 0.15) is 6.29 Å². The zero-order chi connectivity index (χ0) is 9.68. The Balaban J connectivity index is 2.67. The molecule has 1 amide bonds. The Morgan fingerprint density at radius 1 is 1.77 bits per heavy atom. The molecule has 1 heterocycles. The Morgan fingerprint density at radius 2 is 2.54 bits per heavy atom. The van der Waals surface area contributed by atoms with E-state index < -0.39 is 12.1 Å². The van der Waals surface area contributed by atoms with E-state index in [9.17, 15) is 9.59 Å². The first-order chi connectivity index (χ1) is 6.24. The number of carboxylic acid groups (broad SMARTS) is 1. The molecule has 1 aromatic heterocycles. The normalized spacial score (nSPS) is 12.0. The Kier molecular flexibility index (Phi) is 3.08. The first-order valence-electron chi connectivity index (χ1n) is 3.69. The molecule has 0 fully saturated rings. The van der Waals surface area contributed by atoms with Crippen LogP contribution in [-0.4, -0.2) is 17.5 Å². The maximum absolute atomic E-state index is 10.3. The third kappa shape index (κ3) is 2.62. The quantitative estimate of drug-likeness (QED) is 0.687. The number of carbonyl (C=O) groups excluding carboxylic acids is 1. The Labute approximate surface area is 74.4 Å². The van der Waals surface area contributed by atoms with Crippen LogP contribution in [-0.2, 0) is 4.79 Å². The molecule has 0 spiro atoms. The molecule has 5 nitrogen and oxygen atoms in total. The highest BCUT2D eigenvalue weighted by molar-refractivity contribution is 5.66. The number of carbonyl (C=O) groups is 2. The summed E-state index contributed by atoms with van der Waals surface area (Å²) in [5.74, 6) is 0. The average molecular weight is 183 g/mol. The van der Waals surface area contributed by atoms with Gasteiger partial charge in [-0.05, 0) is 6.07 Å². The van der Waals surface area contributed by atoms with Crippen molar-refractivity contribution in [1.29, 1.82) is 0 Å². The van der Waals surface area contributed by atoms with Crippen LogP contribution in [0.25, 0.3) is 0 Å². The first kappa shape index (κ1) is 9.31. The van der Waals surface area contributed by atoms with Crippen LogP contribution in [0.2, 0.25) is 0 Å². The number of aldehydes is 1. The summed E-state index contributed by atoms with van der Waals surface area (Å²) in [4.78, 5) is 20.6. The van der Waals surface area contributed by atoms with Crippen LogP contribution in [0.4, 0.5) is 4.79 Å². The van der Waals surface area contributed by atoms with Crippen molar-refractivity contribution in [3.05, 3.63) is 24.2 Å². The number of nitrogens with one attached hydrogen (secondary N) is 1. The minimum absolute atomic E-state index is 0.103. The lowest BCUT2D eigenvalue weighted by Gasteiger charge is -2.10. The molecule has 0 bridgehead atoms. The topological polar surface area (TPSA) is 79.5 Å². The second-order valence-electron chi connectivity index (χ2n) is 2.46. The van der Waals surface area contributed by atoms with Crippen molar-refractivity contribution in [3.63, 3.8) is 0 Å². The van der Waals surface area contributed by atoms with Crippen LogP contribution in [0.3, 0.4) is 0 Å². The lowest BCUT2D eigenvalue weighted by atomic mass is 10.1. The summed E-state index contributed by atoms with van der Waals surface area (Å²) in [6.45, 7) is 0. The number of hydrogen-bond acceptors (Lipinski definition) is 3. The fraction of sp³-hybridized carbons (Fsp3) is 0.250. The highest BCUT2D eigenvalue weighted by Gasteiger charge is 2.13. The van der Waals surface area contributed by atoms with Gasteiger partial charge in [-0.2, -0.15) is 0 Å². The van der Waals surface area contributed by atoms with Crippen molar-refractivity contribution in [3.8, 4) is 0 Å². The largest absolute Gasteiger partial charge is 0.472 e. The predicted molar refractivity (Wildman–Crippen MR) is 43.3 cm³/mol. The molecule has 0 radical (unpaired) electrons. The SMILES string of the molecule is O=CC[C@H](NC(=O)O)c1ccoc1. The van der Waals surface area contributed by atoms with Crippen molar-refractivity contribution < 1.29 is 19.1 Å². The van der Waals surface area contributed by atoms with Gasteiger partial charge in [0.05, 0.1) is 18.6 Å². The average Bonchev–Trinajstić information content (AvgIpc) is 2.54. The molecule has 13 heavy (non-hydrogen) atoms. The van der Waals surface area contributed by atoms with E-state index in [4.69, 9.17) is 9.52 Å². The van der Waals surface area contributed by atoms with Gasteiger partial charge >= 0.3 is 6.09 Å². The minimum Gasteiger partial charge on any atom is -0.472 e. The van der Waals surface area contributed by atoms with Crippen molar-refractivity contribution >= 4 is 12.4 Å². The molecule has 70 valence electrons. The fourth-order valence-corrected chi connectivity index (χ4v) is 0.997. The van der Waals surface area contributed by atoms with Gasteiger partial charge in [0.15, 0.2) is 0 Å². The van der Waals surface area contributed by atoms with Crippen molar-refractivity contribution in [2.24, 2.45) is 0 Å². The van der Waals surface area contributed by atoms with E-state index in [-0.39, 0.29) is 6.42 Å². The van der Waals surface area contributed by atoms with Crippen LogP contribution in [0.1, 0.15) is 18.0 Å². The zero-order valence-electron chi connectivity index (χ0n) is 6.77. The van der Waals surface area contributed by atoms with Crippen molar-refractivity contribution in [1.82, 2.24) is 5.32 Å². The Hall–Kier alpha value is -1.78. The van der Waals surface area contributed by atoms with E-state index in [1.165, 1.54) is 12.5 Å². The van der Waals surface area contributed by atoms with Crippen molar-refractivity contribution in [2.75, 3.05) is 0 Å². The van der Waals surface area contributed by atoms with E-state index in [0.717, 1.165) is 0 Å². The van der Waals surface area contributed by atoms with Crippen LogP contribution < -0.4 is 5.32 Å². The highest BCUT2D eigenvalue weighted by Crippen LogP contribution is 2.15. The van der Waals surface area contributed by atoms with Gasteiger partial charge < -0.3 is 19.6 Å². The predicted octanol–water partition coefficient (Wildman–Crippen LogP) is 1.18. The van der Waals surface area contributed by atoms with Crippen molar-refractivity contribution in [2.45, 2.75) is 12.5 Å². The third-order valence-electron chi connectivity index (χ3n) is 1.58. The van der Waals surface area contributed by atoms with E-state index in [1.807, 2.05) is 0 Å². The molecule has 0 aliphatic rings. The van der Waals surface area contributed by atoms with Gasteiger partial charge in [0.2, 0.25) is 0 Å². The smallest absolute Gasteiger partial charge is 0.405 e. The maximum atomic E-state index is 10.3. The molecular weight excluding hydrogens is 174 g/mol. The molecule has 0 aromatic carbocycles. The lowest BCUT2D eigenvalue weighted by Crippen LogP contribution is -2.26. The summed E-state index contributed by atoms with van der Waals surface area (Å²) in [6, 6.07) is 1.10. The van der Waals surface area contributed by atoms with Crippen LogP contribution >= 0.6 is 0 Å². The molecular formula is C8H9NO4. The third-order valence-corrected chi connectivity index (χ3v) is 1.58. The summed E-state index contributed by atoms with van der Waals surface area (Å²) < 4.78 is 4.77. The summed E-state index contributed by atoms with van der Waals surface area (Å²) in [5.41, 5.74) is 0.648. The number of amides is 1. The second-order valence-corrected chi connectivity index (χ2v) is 2.46. The van der Waals surface area contributed by atoms with E-state index in [2.05, 4.69) is 5.32 Å². The summed E-state index contributed by atoms with van der Waals surface area (Å²) in [5, 5.41) is 10.7. The van der Waals surface area contributed by atoms with Gasteiger partial charge in [-0.15, -0.1) is 0 Å². The fourth-order valence-electron chi connectivity index (χ4n) is 0.997. The van der Waals surface area contributed by atoms with E-state index in [0.29, 0.717) is 11.8 Å². The maximum Gasteiger partial charge on any atom is 0.405 e. The molecule has 1 atom stereocenters. The number of furan rings is 1. The minimum atomic E-state index is -1.16. The Morgan fingerprint density at radius 3 is 3.00 bits per heavy atom. The molecule has 1 aromatic rings. The first-order valence-corrected chi connectivity index (χ1v) is 3.69. The van der Waals surface area contributed by atoms with E-state index in [1.54, 1.807) is 6.07 Å². The molecule has 1 rings (SSSR count). The molecule has 0 aliphatic carbocycles. The molecule has 0 aliphatic heterocycles. The summed E-state index contributed by atoms with van der Waals surface area (Å²) in [6.07, 6.45) is 2.44. The second kappa shape index (κ2) is 4.30. The molecule has 0 saturated heterocycles. The summed E-state index contributed by atoms with van der Waals surface area (Å²) in [7, 11) is 0. The summed E-state index contributed by atoms with van der Waals surface area (Å²) >= 11 is 0. The molecule has 0 unspecified atom stereocenters. The van der Waals surface area contributed by atoms with Gasteiger partial charge in [-0.3, -0.25) is 0 Å². The molecule has 2 N–H and O–H groups in total. The standard InChI is InChI=1S/C8H9NO4/c10-3-1-7(9-8(11)12)6-2-4-13-5-6/h2-5,7,9H,1H2,(H,11,12)/t7-/m0/s1. The van der Waals surface area contributed by atoms with Crippen LogP contribution in [0.15, 0.2) is 23.0 Å². The zero-order valence-corrected chi connectivity index (χ0v) is 6.77. The lowest BCUT2D eigenvalue weighted by molar-refractivity contribution is -0.108. The van der Waals surface area contributed by atoms with E-state index >= 15 is 0 Å². The highest BCUT2D eigenvalue weighted by atomic mass is 16.4. The van der Waals surface area contributed by atoms with Crippen LogP contribution in [0, 0.1) is 0 Å².